The molecule has 0 aliphatic rings. The molecule has 0 spiro atoms. The number of anilines is 1. The van der Waals surface area contributed by atoms with Crippen molar-refractivity contribution in [2.75, 3.05) is 33.2 Å². The lowest BCUT2D eigenvalue weighted by Gasteiger charge is -2.14. The Bertz CT molecular complexity index is 813. The van der Waals surface area contributed by atoms with Crippen molar-refractivity contribution in [2.45, 2.75) is 19.8 Å². The van der Waals surface area contributed by atoms with Gasteiger partial charge in [-0.05, 0) is 12.5 Å². The van der Waals surface area contributed by atoms with Crippen LogP contribution in [0.25, 0.3) is 0 Å². The van der Waals surface area contributed by atoms with Crippen LogP contribution in [-0.2, 0) is 0 Å². The van der Waals surface area contributed by atoms with Crippen LogP contribution in [0.4, 0.5) is 5.69 Å². The van der Waals surface area contributed by atoms with Crippen LogP contribution in [0.5, 0.6) is 17.2 Å². The van der Waals surface area contributed by atoms with Crippen molar-refractivity contribution in [3.05, 3.63) is 41.7 Å². The van der Waals surface area contributed by atoms with E-state index < -0.39 is 5.91 Å². The Kier molecular flexibility index (Phi) is 7.62. The van der Waals surface area contributed by atoms with Gasteiger partial charge in [0.25, 0.3) is 11.8 Å². The summed E-state index contributed by atoms with van der Waals surface area (Å²) in [6.07, 6.45) is 4.70. The lowest BCUT2D eigenvalue weighted by Crippen LogP contribution is -2.25. The molecule has 0 atom stereocenters. The van der Waals surface area contributed by atoms with Gasteiger partial charge in [-0.25, -0.2) is 0 Å². The topological polar surface area (TPSA) is 98.8 Å². The second-order valence-corrected chi connectivity index (χ2v) is 5.94. The Morgan fingerprint density at radius 2 is 1.54 bits per heavy atom. The van der Waals surface area contributed by atoms with Crippen molar-refractivity contribution in [2.24, 2.45) is 0 Å². The summed E-state index contributed by atoms with van der Waals surface area (Å²) in [7, 11) is 4.49. The molecule has 0 saturated carbocycles. The van der Waals surface area contributed by atoms with Crippen LogP contribution in [0, 0.1) is 0 Å². The van der Waals surface area contributed by atoms with Crippen LogP contribution in [0.2, 0.25) is 0 Å². The molecule has 0 saturated heterocycles. The van der Waals surface area contributed by atoms with Crippen molar-refractivity contribution >= 4 is 17.5 Å². The lowest BCUT2D eigenvalue weighted by molar-refractivity contribution is 0.0952. The van der Waals surface area contributed by atoms with Crippen molar-refractivity contribution < 1.29 is 23.8 Å². The Labute approximate surface area is 164 Å². The number of nitrogens with one attached hydrogen (secondary N) is 2. The van der Waals surface area contributed by atoms with Crippen molar-refractivity contribution in [1.29, 1.82) is 0 Å². The van der Waals surface area contributed by atoms with E-state index in [0.717, 1.165) is 12.8 Å². The van der Waals surface area contributed by atoms with E-state index in [1.807, 2.05) is 6.92 Å². The van der Waals surface area contributed by atoms with Gasteiger partial charge in [0.05, 0.1) is 32.5 Å². The standard InChI is InChI=1S/C20H25N3O5/c1-5-6-7-22-19(24)13-8-14(12-21-11-13)20(25)23-15-9-16(26-2)18(28-4)17(10-15)27-3/h8-12H,5-7H2,1-4H3,(H,22,24)(H,23,25). The zero-order chi connectivity index (χ0) is 20.5. The van der Waals surface area contributed by atoms with Gasteiger partial charge in [0.15, 0.2) is 11.5 Å². The van der Waals surface area contributed by atoms with Gasteiger partial charge in [0.1, 0.15) is 0 Å². The molecule has 0 bridgehead atoms. The van der Waals surface area contributed by atoms with E-state index in [2.05, 4.69) is 15.6 Å². The number of benzene rings is 1. The minimum Gasteiger partial charge on any atom is -0.493 e. The fraction of sp³-hybridized carbons (Fsp3) is 0.350. The number of hydrogen-bond acceptors (Lipinski definition) is 6. The van der Waals surface area contributed by atoms with Crippen LogP contribution in [0.3, 0.4) is 0 Å². The van der Waals surface area contributed by atoms with E-state index in [4.69, 9.17) is 14.2 Å². The molecule has 0 radical (unpaired) electrons. The van der Waals surface area contributed by atoms with Gasteiger partial charge in [-0.1, -0.05) is 13.3 Å². The van der Waals surface area contributed by atoms with Crippen LogP contribution >= 0.6 is 0 Å². The molecule has 28 heavy (non-hydrogen) atoms. The number of pyridine rings is 1. The number of rotatable bonds is 9. The maximum Gasteiger partial charge on any atom is 0.257 e. The minimum absolute atomic E-state index is 0.261. The van der Waals surface area contributed by atoms with Gasteiger partial charge in [0.2, 0.25) is 5.75 Å². The largest absolute Gasteiger partial charge is 0.493 e. The molecule has 2 rings (SSSR count). The molecule has 150 valence electrons. The van der Waals surface area contributed by atoms with E-state index >= 15 is 0 Å². The molecule has 0 unspecified atom stereocenters. The molecule has 8 nitrogen and oxygen atoms in total. The molecule has 0 aliphatic heterocycles. The van der Waals surface area contributed by atoms with E-state index in [-0.39, 0.29) is 11.5 Å². The number of amides is 2. The smallest absolute Gasteiger partial charge is 0.257 e. The van der Waals surface area contributed by atoms with Gasteiger partial charge < -0.3 is 24.8 Å². The van der Waals surface area contributed by atoms with Crippen LogP contribution in [0.15, 0.2) is 30.6 Å². The lowest BCUT2D eigenvalue weighted by atomic mass is 10.1. The fourth-order valence-electron chi connectivity index (χ4n) is 2.53. The summed E-state index contributed by atoms with van der Waals surface area (Å²) in [4.78, 5) is 28.8. The highest BCUT2D eigenvalue weighted by atomic mass is 16.5. The van der Waals surface area contributed by atoms with Gasteiger partial charge in [-0.15, -0.1) is 0 Å². The van der Waals surface area contributed by atoms with E-state index in [9.17, 15) is 9.59 Å². The molecule has 1 heterocycles. The van der Waals surface area contributed by atoms with Gasteiger partial charge >= 0.3 is 0 Å². The first-order chi connectivity index (χ1) is 13.5. The van der Waals surface area contributed by atoms with E-state index in [1.54, 1.807) is 12.1 Å². The molecular weight excluding hydrogens is 362 g/mol. The molecule has 1 aromatic carbocycles. The van der Waals surface area contributed by atoms with Crippen molar-refractivity contribution in [1.82, 2.24) is 10.3 Å². The summed E-state index contributed by atoms with van der Waals surface area (Å²) in [5.41, 5.74) is 1.04. The first-order valence-corrected chi connectivity index (χ1v) is 8.88. The number of hydrogen-bond donors (Lipinski definition) is 2. The SMILES string of the molecule is CCCCNC(=O)c1cncc(C(=O)Nc2cc(OC)c(OC)c(OC)c2)c1. The maximum absolute atomic E-state index is 12.6. The molecule has 1 aromatic heterocycles. The third-order valence-electron chi connectivity index (χ3n) is 4.00. The first kappa shape index (κ1) is 21.0. The molecule has 8 heteroatoms. The zero-order valence-corrected chi connectivity index (χ0v) is 16.5. The third-order valence-corrected chi connectivity index (χ3v) is 4.00. The predicted molar refractivity (Wildman–Crippen MR) is 106 cm³/mol. The fourth-order valence-corrected chi connectivity index (χ4v) is 2.53. The molecule has 2 aromatic rings. The summed E-state index contributed by atoms with van der Waals surface area (Å²) in [6, 6.07) is 4.74. The number of methoxy groups -OCH3 is 3. The number of nitrogens with zero attached hydrogens (tertiary/aromatic N) is 1. The molecule has 0 aliphatic carbocycles. The Balaban J connectivity index is 2.19. The number of aromatic nitrogens is 1. The summed E-state index contributed by atoms with van der Waals surface area (Å²) >= 11 is 0. The summed E-state index contributed by atoms with van der Waals surface area (Å²) in [6.45, 7) is 2.62. The van der Waals surface area contributed by atoms with Crippen molar-refractivity contribution in [3.8, 4) is 17.2 Å². The van der Waals surface area contributed by atoms with Crippen molar-refractivity contribution in [3.63, 3.8) is 0 Å². The van der Waals surface area contributed by atoms with Gasteiger partial charge in [-0.3, -0.25) is 14.6 Å². The maximum atomic E-state index is 12.6. The highest BCUT2D eigenvalue weighted by molar-refractivity contribution is 6.06. The van der Waals surface area contributed by atoms with Crippen LogP contribution < -0.4 is 24.8 Å². The average Bonchev–Trinajstić information content (AvgIpc) is 2.73. The highest BCUT2D eigenvalue weighted by Crippen LogP contribution is 2.40. The van der Waals surface area contributed by atoms with Crippen LogP contribution in [-0.4, -0.2) is 44.7 Å². The summed E-state index contributed by atoms with van der Waals surface area (Å²) in [5, 5.41) is 5.55. The Hall–Kier alpha value is -3.29. The Morgan fingerprint density at radius 3 is 2.07 bits per heavy atom. The monoisotopic (exact) mass is 387 g/mol. The van der Waals surface area contributed by atoms with E-state index in [0.29, 0.717) is 35.0 Å². The van der Waals surface area contributed by atoms with Crippen LogP contribution in [0.1, 0.15) is 40.5 Å². The number of carbonyl (C=O) groups is 2. The minimum atomic E-state index is -0.412. The summed E-state index contributed by atoms with van der Waals surface area (Å²) in [5.74, 6) is 0.586. The highest BCUT2D eigenvalue weighted by Gasteiger charge is 2.16. The first-order valence-electron chi connectivity index (χ1n) is 8.88. The van der Waals surface area contributed by atoms with E-state index in [1.165, 1.54) is 39.8 Å². The second-order valence-electron chi connectivity index (χ2n) is 5.94. The van der Waals surface area contributed by atoms with Gasteiger partial charge in [0, 0.05) is 36.8 Å². The Morgan fingerprint density at radius 1 is 0.929 bits per heavy atom. The molecule has 2 N–H and O–H groups in total. The average molecular weight is 387 g/mol. The quantitative estimate of drug-likeness (QED) is 0.642. The normalized spacial score (nSPS) is 10.1. The van der Waals surface area contributed by atoms with Gasteiger partial charge in [-0.2, -0.15) is 0 Å². The second kappa shape index (κ2) is 10.1. The third kappa shape index (κ3) is 5.12. The number of carbonyl (C=O) groups excluding carboxylic acids is 2. The summed E-state index contributed by atoms with van der Waals surface area (Å²) < 4.78 is 15.8. The zero-order valence-electron chi connectivity index (χ0n) is 16.5. The number of unbranched alkanes of at least 4 members (excludes halogenated alkanes) is 1. The molecular formula is C20H25N3O5. The molecule has 0 fully saturated rings. The molecule has 2 amide bonds. The number of ether oxygens (including phenoxy) is 3. The predicted octanol–water partition coefficient (Wildman–Crippen LogP) is 2.89.